The molecule has 10 rings (SSSR count). The fraction of sp³-hybridized carbons (Fsp3) is 0.214. The van der Waals surface area contributed by atoms with Gasteiger partial charge in [-0.1, -0.05) is 105 Å². The molecule has 4 nitrogen and oxygen atoms in total. The van der Waals surface area contributed by atoms with Crippen LogP contribution in [0, 0.1) is 12.1 Å². The van der Waals surface area contributed by atoms with E-state index in [1.165, 1.54) is 42.8 Å². The van der Waals surface area contributed by atoms with Gasteiger partial charge in [0.25, 0.3) is 0 Å². The first kappa shape index (κ1) is 42.0. The van der Waals surface area contributed by atoms with Crippen LogP contribution in [0.25, 0.3) is 82.8 Å². The number of hydrogen-bond donors (Lipinski definition) is 0. The number of para-hydroxylation sites is 3. The van der Waals surface area contributed by atoms with Crippen molar-refractivity contribution in [3.63, 3.8) is 0 Å². The van der Waals surface area contributed by atoms with E-state index in [9.17, 15) is 0 Å². The van der Waals surface area contributed by atoms with Crippen LogP contribution in [0.3, 0.4) is 0 Å². The van der Waals surface area contributed by atoms with Crippen LogP contribution in [-0.4, -0.2) is 27.8 Å². The Balaban J connectivity index is 0.000000219. The van der Waals surface area contributed by atoms with Crippen LogP contribution < -0.4 is 4.40 Å². The van der Waals surface area contributed by atoms with Crippen LogP contribution in [0.15, 0.2) is 144 Å². The van der Waals surface area contributed by atoms with Crippen LogP contribution in [0.1, 0.15) is 77.3 Å². The average Bonchev–Trinajstić information content (AvgIpc) is 3.83. The molecule has 0 aliphatic carbocycles. The summed E-state index contributed by atoms with van der Waals surface area (Å²) in [4.78, 5) is 9.87. The molecule has 0 saturated carbocycles. The molecule has 7 aromatic carbocycles. The largest absolute Gasteiger partial charge is 0 e. The Hall–Kier alpha value is -5.33. The van der Waals surface area contributed by atoms with E-state index in [-0.39, 0.29) is 20.1 Å². The average molecular weight is 1050 g/mol. The molecular formula is C56H53GeIrN3O-2. The van der Waals surface area contributed by atoms with E-state index in [1.807, 2.05) is 50.4 Å². The number of benzene rings is 7. The maximum Gasteiger partial charge on any atom is 0 e. The van der Waals surface area contributed by atoms with Gasteiger partial charge in [-0.2, -0.15) is 0 Å². The number of fused-ring (bicyclic) bond motifs is 7. The minimum Gasteiger partial charge on any atom is 0 e. The predicted molar refractivity (Wildman–Crippen MR) is 261 cm³/mol. The number of nitrogens with zero attached hydrogens (tertiary/aromatic N) is 3. The van der Waals surface area contributed by atoms with E-state index in [0.29, 0.717) is 11.8 Å². The molecule has 0 saturated heterocycles. The number of hydrogen-bond acceptors (Lipinski definition) is 3. The second-order valence-electron chi connectivity index (χ2n) is 18.0. The summed E-state index contributed by atoms with van der Waals surface area (Å²) in [5, 5.41) is 7.05. The van der Waals surface area contributed by atoms with Crippen molar-refractivity contribution in [2.75, 3.05) is 0 Å². The third-order valence-electron chi connectivity index (χ3n) is 11.9. The Kier molecular flexibility index (Phi) is 11.8. The van der Waals surface area contributed by atoms with Gasteiger partial charge < -0.3 is 8.98 Å². The van der Waals surface area contributed by atoms with Gasteiger partial charge in [-0.3, -0.25) is 4.98 Å². The summed E-state index contributed by atoms with van der Waals surface area (Å²) in [6, 6.07) is 53.4. The maximum absolute atomic E-state index is 8.44. The Bertz CT molecular complexity index is 3250. The van der Waals surface area contributed by atoms with Crippen LogP contribution >= 0.6 is 0 Å². The standard InChI is InChI=1S/C39H31N2O.C17H22GeN.Ir/c1-23(2)27-13-9-14-28(24(3)4)37(27)41-35-18-8-7-17-34(35)40-39(41)31-16-10-15-30-33-21-26-20-19-25-11-5-6-12-29(25)32(26)22-36(33)42-38(30)31;1-13(2)15-11-17(14-9-7-6-8-10-14)19-12-16(15)18(3,4)5;/h5-15,17-24H,1-4H3;6-9,11-13H,1-5H3;/q2*-1;/i;13D;. The Morgan fingerprint density at radius 3 is 2.06 bits per heavy atom. The first-order valence-corrected chi connectivity index (χ1v) is 28.8. The van der Waals surface area contributed by atoms with Gasteiger partial charge in [0, 0.05) is 31.2 Å². The first-order valence-electron chi connectivity index (χ1n) is 22.0. The molecule has 0 aliphatic rings. The van der Waals surface area contributed by atoms with E-state index in [0.717, 1.165) is 61.2 Å². The molecular weight excluding hydrogens is 995 g/mol. The molecule has 6 heteroatoms. The molecule has 0 atom stereocenters. The molecule has 0 fully saturated rings. The van der Waals surface area contributed by atoms with Gasteiger partial charge in [-0.25, -0.2) is 0 Å². The van der Waals surface area contributed by atoms with Gasteiger partial charge >= 0.3 is 120 Å². The summed E-state index contributed by atoms with van der Waals surface area (Å²) in [7, 11) is 0. The minimum atomic E-state index is -2.03. The number of furan rings is 1. The number of pyridine rings is 1. The fourth-order valence-electron chi connectivity index (χ4n) is 8.76. The van der Waals surface area contributed by atoms with Crippen molar-refractivity contribution < 1.29 is 25.9 Å². The normalized spacial score (nSPS) is 12.3. The molecule has 0 spiro atoms. The first-order chi connectivity index (χ1) is 29.7. The number of imidazole rings is 1. The van der Waals surface area contributed by atoms with Crippen molar-refractivity contribution >= 4 is 72.2 Å². The second kappa shape index (κ2) is 17.4. The Morgan fingerprint density at radius 1 is 0.645 bits per heavy atom. The van der Waals surface area contributed by atoms with Crippen LogP contribution in [0.5, 0.6) is 0 Å². The van der Waals surface area contributed by atoms with Gasteiger partial charge in [-0.05, 0) is 68.8 Å². The maximum atomic E-state index is 8.44. The molecule has 3 aromatic heterocycles. The monoisotopic (exact) mass is 1050 g/mol. The van der Waals surface area contributed by atoms with Crippen molar-refractivity contribution in [2.45, 2.75) is 76.5 Å². The summed E-state index contributed by atoms with van der Waals surface area (Å²) in [6.45, 7) is 13.0. The molecule has 0 bridgehead atoms. The zero-order valence-corrected chi connectivity index (χ0v) is 41.5. The van der Waals surface area contributed by atoms with Crippen molar-refractivity contribution in [1.29, 1.82) is 0 Å². The van der Waals surface area contributed by atoms with E-state index >= 15 is 0 Å². The van der Waals surface area contributed by atoms with Gasteiger partial charge in [0.15, 0.2) is 0 Å². The zero-order valence-electron chi connectivity index (χ0n) is 38.0. The summed E-state index contributed by atoms with van der Waals surface area (Å²) in [6.07, 6.45) is 2.00. The SMILES string of the molecule is CC(C)c1cccc(C(C)C)c1-n1c(-c2[c-]ccc3c2oc2cc4c(ccc5ccccc54)cc23)nc2ccccc21.[2H]C(C)(C)c1cc(-c2[c-]cccc2)nc[c]1[Ge]([CH3])([CH3])[CH3].[Ir]. The van der Waals surface area contributed by atoms with Gasteiger partial charge in [-0.15, -0.1) is 18.2 Å². The number of rotatable bonds is 7. The van der Waals surface area contributed by atoms with Crippen molar-refractivity contribution in [2.24, 2.45) is 0 Å². The summed E-state index contributed by atoms with van der Waals surface area (Å²) >= 11 is -2.03. The van der Waals surface area contributed by atoms with Crippen molar-refractivity contribution in [3.05, 3.63) is 168 Å². The molecule has 10 aromatic rings. The quantitative estimate of drug-likeness (QED) is 0.0908. The molecule has 0 amide bonds. The topological polar surface area (TPSA) is 43.9 Å². The van der Waals surface area contributed by atoms with Crippen molar-refractivity contribution in [3.8, 4) is 28.3 Å². The third-order valence-corrected chi connectivity index (χ3v) is 16.1. The second-order valence-corrected chi connectivity index (χ2v) is 28.6. The van der Waals surface area contributed by atoms with Gasteiger partial charge in [0.05, 0.1) is 22.4 Å². The fourth-order valence-corrected chi connectivity index (χ4v) is 12.1. The summed E-state index contributed by atoms with van der Waals surface area (Å²) < 4.78 is 18.9. The molecule has 313 valence electrons. The van der Waals surface area contributed by atoms with Crippen LogP contribution in [-0.2, 0) is 20.1 Å². The molecule has 1 radical (unpaired) electrons. The molecule has 3 heterocycles. The summed E-state index contributed by atoms with van der Waals surface area (Å²) in [5.74, 6) is 8.00. The Morgan fingerprint density at radius 2 is 1.35 bits per heavy atom. The Labute approximate surface area is 383 Å². The predicted octanol–water partition coefficient (Wildman–Crippen LogP) is 15.2. The van der Waals surface area contributed by atoms with Crippen LogP contribution in [0.2, 0.25) is 17.3 Å². The van der Waals surface area contributed by atoms with Gasteiger partial charge in [0.2, 0.25) is 0 Å². The van der Waals surface area contributed by atoms with E-state index in [2.05, 4.69) is 170 Å². The summed E-state index contributed by atoms with van der Waals surface area (Å²) in [5.41, 5.74) is 11.5. The minimum absolute atomic E-state index is 0. The van der Waals surface area contributed by atoms with Crippen LogP contribution in [0.4, 0.5) is 0 Å². The zero-order chi connectivity index (χ0) is 43.5. The van der Waals surface area contributed by atoms with Gasteiger partial charge in [0.1, 0.15) is 5.58 Å². The van der Waals surface area contributed by atoms with E-state index in [1.54, 1.807) is 0 Å². The third kappa shape index (κ3) is 7.96. The molecule has 0 aliphatic heterocycles. The molecule has 0 N–H and O–H groups in total. The smallest absolute Gasteiger partial charge is 0 e. The van der Waals surface area contributed by atoms with E-state index < -0.39 is 19.2 Å². The van der Waals surface area contributed by atoms with E-state index in [4.69, 9.17) is 10.8 Å². The van der Waals surface area contributed by atoms with Crippen molar-refractivity contribution in [1.82, 2.24) is 14.5 Å². The molecule has 62 heavy (non-hydrogen) atoms. The molecule has 0 unspecified atom stereocenters. The number of aromatic nitrogens is 3.